The zero-order valence-electron chi connectivity index (χ0n) is 4.86. The molecular formula is C5H4BCl2N. The highest BCUT2D eigenvalue weighted by molar-refractivity contribution is 6.38. The fourth-order valence-corrected chi connectivity index (χ4v) is 1.15. The molecule has 0 radical (unpaired) electrons. The van der Waals surface area contributed by atoms with Crippen LogP contribution in [0.2, 0.25) is 10.3 Å². The van der Waals surface area contributed by atoms with Crippen LogP contribution in [0.1, 0.15) is 0 Å². The van der Waals surface area contributed by atoms with Crippen molar-refractivity contribution in [2.45, 2.75) is 0 Å². The summed E-state index contributed by atoms with van der Waals surface area (Å²) in [4.78, 5) is 3.77. The molecule has 0 saturated carbocycles. The largest absolute Gasteiger partial charge is 0.224 e. The van der Waals surface area contributed by atoms with E-state index in [4.69, 9.17) is 23.2 Å². The lowest BCUT2D eigenvalue weighted by Crippen LogP contribution is -2.01. The van der Waals surface area contributed by atoms with E-state index in [0.29, 0.717) is 10.3 Å². The molecule has 1 nitrogen and oxygen atoms in total. The SMILES string of the molecule is Bc1cc(Cl)nc(Cl)c1. The Labute approximate surface area is 64.4 Å². The Hall–Kier alpha value is -0.205. The minimum absolute atomic E-state index is 0.444. The van der Waals surface area contributed by atoms with Crippen LogP contribution in [0.25, 0.3) is 0 Å². The second-order valence-electron chi connectivity index (χ2n) is 1.79. The van der Waals surface area contributed by atoms with Gasteiger partial charge in [0, 0.05) is 0 Å². The molecule has 4 heteroatoms. The maximum absolute atomic E-state index is 5.55. The number of aromatic nitrogens is 1. The molecule has 0 unspecified atom stereocenters. The Kier molecular flexibility index (Phi) is 1.99. The minimum Gasteiger partial charge on any atom is -0.224 e. The molecule has 1 rings (SSSR count). The van der Waals surface area contributed by atoms with Crippen LogP contribution in [0.15, 0.2) is 12.1 Å². The van der Waals surface area contributed by atoms with E-state index in [1.807, 2.05) is 7.85 Å². The van der Waals surface area contributed by atoms with Crippen LogP contribution in [-0.2, 0) is 0 Å². The zero-order valence-corrected chi connectivity index (χ0v) is 6.37. The van der Waals surface area contributed by atoms with Gasteiger partial charge in [0.25, 0.3) is 0 Å². The maximum Gasteiger partial charge on any atom is 0.139 e. The molecule has 46 valence electrons. The van der Waals surface area contributed by atoms with Crippen molar-refractivity contribution in [2.75, 3.05) is 0 Å². The summed E-state index contributed by atoms with van der Waals surface area (Å²) in [6, 6.07) is 3.51. The van der Waals surface area contributed by atoms with Crippen LogP contribution in [0.5, 0.6) is 0 Å². The lowest BCUT2D eigenvalue weighted by molar-refractivity contribution is 1.34. The average molecular weight is 160 g/mol. The van der Waals surface area contributed by atoms with Gasteiger partial charge in [0.2, 0.25) is 0 Å². The summed E-state index contributed by atoms with van der Waals surface area (Å²) in [7, 11) is 1.92. The van der Waals surface area contributed by atoms with Gasteiger partial charge in [-0.25, -0.2) is 4.98 Å². The van der Waals surface area contributed by atoms with Crippen LogP contribution in [0, 0.1) is 0 Å². The summed E-state index contributed by atoms with van der Waals surface area (Å²) < 4.78 is 0. The highest BCUT2D eigenvalue weighted by Gasteiger charge is 1.92. The summed E-state index contributed by atoms with van der Waals surface area (Å²) in [5, 5.41) is 0.889. The molecule has 1 aromatic rings. The molecule has 0 aromatic carbocycles. The average Bonchev–Trinajstić information content (AvgIpc) is 1.59. The first kappa shape index (κ1) is 6.91. The van der Waals surface area contributed by atoms with Gasteiger partial charge < -0.3 is 0 Å². The molecule has 1 aromatic heterocycles. The highest BCUT2D eigenvalue weighted by Crippen LogP contribution is 2.06. The Morgan fingerprint density at radius 2 is 1.67 bits per heavy atom. The summed E-state index contributed by atoms with van der Waals surface area (Å²) in [5.41, 5.74) is 1.03. The van der Waals surface area contributed by atoms with E-state index in [-0.39, 0.29) is 0 Å². The molecule has 0 amide bonds. The van der Waals surface area contributed by atoms with Crippen molar-refractivity contribution < 1.29 is 0 Å². The van der Waals surface area contributed by atoms with Gasteiger partial charge >= 0.3 is 0 Å². The molecule has 9 heavy (non-hydrogen) atoms. The van der Waals surface area contributed by atoms with Crippen LogP contribution in [-0.4, -0.2) is 12.8 Å². The van der Waals surface area contributed by atoms with E-state index < -0.39 is 0 Å². The van der Waals surface area contributed by atoms with Gasteiger partial charge in [-0.05, 0) is 12.1 Å². The van der Waals surface area contributed by atoms with E-state index >= 15 is 0 Å². The predicted octanol–water partition coefficient (Wildman–Crippen LogP) is 0.647. The van der Waals surface area contributed by atoms with Crippen molar-refractivity contribution in [1.29, 1.82) is 0 Å². The Morgan fingerprint density at radius 3 is 2.00 bits per heavy atom. The molecule has 0 atom stereocenters. The van der Waals surface area contributed by atoms with Crippen LogP contribution < -0.4 is 5.46 Å². The number of pyridine rings is 1. The van der Waals surface area contributed by atoms with Crippen molar-refractivity contribution in [2.24, 2.45) is 0 Å². The fraction of sp³-hybridized carbons (Fsp3) is 0. The number of hydrogen-bond acceptors (Lipinski definition) is 1. The Balaban J connectivity index is 3.17. The smallest absolute Gasteiger partial charge is 0.139 e. The molecule has 0 spiro atoms. The van der Waals surface area contributed by atoms with E-state index in [2.05, 4.69) is 4.98 Å². The lowest BCUT2D eigenvalue weighted by atomic mass is 9.98. The third-order valence-electron chi connectivity index (χ3n) is 0.907. The molecule has 0 bridgehead atoms. The second kappa shape index (κ2) is 2.59. The van der Waals surface area contributed by atoms with Crippen molar-refractivity contribution in [3.63, 3.8) is 0 Å². The molecule has 0 aliphatic rings. The van der Waals surface area contributed by atoms with Crippen molar-refractivity contribution in [3.8, 4) is 0 Å². The van der Waals surface area contributed by atoms with Crippen molar-refractivity contribution in [1.82, 2.24) is 4.98 Å². The summed E-state index contributed by atoms with van der Waals surface area (Å²) in [5.74, 6) is 0. The topological polar surface area (TPSA) is 12.9 Å². The van der Waals surface area contributed by atoms with Gasteiger partial charge in [0.15, 0.2) is 0 Å². The van der Waals surface area contributed by atoms with Gasteiger partial charge in [-0.2, -0.15) is 0 Å². The Bertz CT molecular complexity index is 176. The molecule has 0 saturated heterocycles. The maximum atomic E-state index is 5.55. The van der Waals surface area contributed by atoms with E-state index in [1.54, 1.807) is 12.1 Å². The predicted molar refractivity (Wildman–Crippen MR) is 42.4 cm³/mol. The second-order valence-corrected chi connectivity index (χ2v) is 2.56. The van der Waals surface area contributed by atoms with Gasteiger partial charge in [-0.15, -0.1) is 0 Å². The van der Waals surface area contributed by atoms with E-state index in [1.165, 1.54) is 0 Å². The van der Waals surface area contributed by atoms with Crippen LogP contribution in [0.3, 0.4) is 0 Å². The summed E-state index contributed by atoms with van der Waals surface area (Å²) in [6.45, 7) is 0. The van der Waals surface area contributed by atoms with Gasteiger partial charge in [0.05, 0.1) is 0 Å². The third-order valence-corrected chi connectivity index (χ3v) is 1.29. The zero-order chi connectivity index (χ0) is 6.85. The highest BCUT2D eigenvalue weighted by atomic mass is 35.5. The first-order valence-electron chi connectivity index (χ1n) is 2.48. The summed E-state index contributed by atoms with van der Waals surface area (Å²) >= 11 is 11.1. The molecule has 0 N–H and O–H groups in total. The monoisotopic (exact) mass is 159 g/mol. The molecule has 1 heterocycles. The standard InChI is InChI=1S/C5H4BCl2N/c6-3-1-4(7)9-5(8)2-3/h1-2H,6H2. The summed E-state index contributed by atoms with van der Waals surface area (Å²) in [6.07, 6.45) is 0. The van der Waals surface area contributed by atoms with Crippen molar-refractivity contribution in [3.05, 3.63) is 22.4 Å². The lowest BCUT2D eigenvalue weighted by Gasteiger charge is -1.92. The van der Waals surface area contributed by atoms with Gasteiger partial charge in [0.1, 0.15) is 18.2 Å². The van der Waals surface area contributed by atoms with E-state index in [0.717, 1.165) is 5.46 Å². The quantitative estimate of drug-likeness (QED) is 0.400. The Morgan fingerprint density at radius 1 is 1.22 bits per heavy atom. The molecule has 0 fully saturated rings. The van der Waals surface area contributed by atoms with Crippen LogP contribution in [0.4, 0.5) is 0 Å². The third kappa shape index (κ3) is 1.88. The molecular weight excluding hydrogens is 156 g/mol. The number of hydrogen-bond donors (Lipinski definition) is 0. The molecule has 0 aliphatic heterocycles. The normalized spacial score (nSPS) is 9.56. The first-order chi connectivity index (χ1) is 4.18. The van der Waals surface area contributed by atoms with Gasteiger partial charge in [-0.1, -0.05) is 28.7 Å². The van der Waals surface area contributed by atoms with Crippen molar-refractivity contribution >= 4 is 36.5 Å². The number of rotatable bonds is 0. The van der Waals surface area contributed by atoms with Crippen LogP contribution >= 0.6 is 23.2 Å². The van der Waals surface area contributed by atoms with Gasteiger partial charge in [-0.3, -0.25) is 0 Å². The van der Waals surface area contributed by atoms with E-state index in [9.17, 15) is 0 Å². The number of nitrogens with zero attached hydrogens (tertiary/aromatic N) is 1. The number of halogens is 2. The fourth-order valence-electron chi connectivity index (χ4n) is 0.584. The minimum atomic E-state index is 0.444. The molecule has 0 aliphatic carbocycles. The first-order valence-corrected chi connectivity index (χ1v) is 3.24.